The third-order valence-electron chi connectivity index (χ3n) is 4.58. The van der Waals surface area contributed by atoms with Gasteiger partial charge >= 0.3 is 12.1 Å². The maximum absolute atomic E-state index is 12.5. The fraction of sp³-hybridized carbons (Fsp3) is 0.571. The largest absolute Gasteiger partial charge is 0.596 e. The molecule has 146 valence electrons. The molecule has 1 saturated carbocycles. The zero-order valence-electron chi connectivity index (χ0n) is 16.4. The first-order valence-electron chi connectivity index (χ1n) is 9.67. The van der Waals surface area contributed by atoms with E-state index in [2.05, 4.69) is 0 Å². The number of amides is 1. The molecule has 1 heterocycles. The molecule has 0 radical (unpaired) electrons. The van der Waals surface area contributed by atoms with Crippen LogP contribution in [0.3, 0.4) is 0 Å². The Balaban J connectivity index is 1.59. The van der Waals surface area contributed by atoms with Gasteiger partial charge in [-0.1, -0.05) is 18.2 Å². The van der Waals surface area contributed by atoms with E-state index in [0.717, 1.165) is 6.42 Å². The Morgan fingerprint density at radius 2 is 1.89 bits per heavy atom. The van der Waals surface area contributed by atoms with E-state index in [4.69, 9.17) is 9.57 Å². The molecule has 2 aliphatic rings. The number of benzene rings is 1. The highest BCUT2D eigenvalue weighted by atomic mass is 16.7. The average molecular weight is 373 g/mol. The van der Waals surface area contributed by atoms with Crippen LogP contribution in [0.4, 0.5) is 4.79 Å². The van der Waals surface area contributed by atoms with Crippen LogP contribution in [0.1, 0.15) is 50.4 Å². The van der Waals surface area contributed by atoms with Gasteiger partial charge in [0.15, 0.2) is 12.8 Å². The van der Waals surface area contributed by atoms with Gasteiger partial charge in [0.05, 0.1) is 11.5 Å². The molecular formula is C21H29N2O4+. The van der Waals surface area contributed by atoms with Crippen LogP contribution in [0.25, 0.3) is 0 Å². The maximum Gasteiger partial charge on any atom is 0.596 e. The minimum absolute atomic E-state index is 0.153. The molecule has 1 aliphatic heterocycles. The zero-order valence-corrected chi connectivity index (χ0v) is 16.4. The smallest absolute Gasteiger partial charge is 0.406 e. The van der Waals surface area contributed by atoms with Crippen LogP contribution < -0.4 is 0 Å². The molecule has 0 bridgehead atoms. The van der Waals surface area contributed by atoms with E-state index in [1.165, 1.54) is 12.8 Å². The summed E-state index contributed by atoms with van der Waals surface area (Å²) in [5.41, 5.74) is 0.0219. The maximum atomic E-state index is 12.5. The first-order chi connectivity index (χ1) is 12.8. The molecule has 1 aliphatic carbocycles. The third kappa shape index (κ3) is 6.17. The van der Waals surface area contributed by atoms with E-state index < -0.39 is 5.60 Å². The van der Waals surface area contributed by atoms with Crippen molar-refractivity contribution in [2.75, 3.05) is 19.6 Å². The average Bonchev–Trinajstić information content (AvgIpc) is 3.32. The van der Waals surface area contributed by atoms with Crippen LogP contribution in [-0.2, 0) is 9.57 Å². The highest BCUT2D eigenvalue weighted by Crippen LogP contribution is 2.29. The summed E-state index contributed by atoms with van der Waals surface area (Å²) >= 11 is 0. The Morgan fingerprint density at radius 3 is 2.52 bits per heavy atom. The summed E-state index contributed by atoms with van der Waals surface area (Å²) in [6.45, 7) is 7.57. The van der Waals surface area contributed by atoms with Crippen molar-refractivity contribution in [2.45, 2.75) is 45.6 Å². The van der Waals surface area contributed by atoms with E-state index in [-0.39, 0.29) is 18.0 Å². The molecule has 1 atom stereocenters. The van der Waals surface area contributed by atoms with Crippen LogP contribution in [-0.4, -0.2) is 53.2 Å². The van der Waals surface area contributed by atoms with E-state index in [1.54, 1.807) is 21.8 Å². The van der Waals surface area contributed by atoms with Crippen molar-refractivity contribution < 1.29 is 23.7 Å². The molecule has 6 heteroatoms. The lowest BCUT2D eigenvalue weighted by atomic mass is 10.1. The number of rotatable bonds is 5. The van der Waals surface area contributed by atoms with E-state index in [9.17, 15) is 9.59 Å². The quantitative estimate of drug-likeness (QED) is 0.584. The van der Waals surface area contributed by atoms with Crippen molar-refractivity contribution in [3.8, 4) is 0 Å². The van der Waals surface area contributed by atoms with Crippen LogP contribution in [0.5, 0.6) is 0 Å². The summed E-state index contributed by atoms with van der Waals surface area (Å²) in [5, 5.41) is 1.68. The monoisotopic (exact) mass is 373 g/mol. The Bertz CT molecular complexity index is 705. The summed E-state index contributed by atoms with van der Waals surface area (Å²) in [4.78, 5) is 30.2. The van der Waals surface area contributed by atoms with Gasteiger partial charge in [0.1, 0.15) is 5.60 Å². The van der Waals surface area contributed by atoms with Crippen LogP contribution in [0, 0.1) is 11.8 Å². The molecule has 1 aromatic carbocycles. The Morgan fingerprint density at radius 1 is 1.19 bits per heavy atom. The van der Waals surface area contributed by atoms with Crippen molar-refractivity contribution in [1.29, 1.82) is 0 Å². The molecule has 0 spiro atoms. The predicted octanol–water partition coefficient (Wildman–Crippen LogP) is 3.51. The first-order valence-corrected chi connectivity index (χ1v) is 9.67. The molecule has 0 aromatic heterocycles. The topological polar surface area (TPSA) is 58.9 Å². The van der Waals surface area contributed by atoms with Crippen LogP contribution >= 0.6 is 0 Å². The lowest BCUT2D eigenvalue weighted by Crippen LogP contribution is -2.34. The summed E-state index contributed by atoms with van der Waals surface area (Å²) < 4.78 is 7.26. The summed E-state index contributed by atoms with van der Waals surface area (Å²) in [6, 6.07) is 8.97. The van der Waals surface area contributed by atoms with Gasteiger partial charge < -0.3 is 9.57 Å². The van der Waals surface area contributed by atoms with Crippen LogP contribution in [0.2, 0.25) is 0 Å². The van der Waals surface area contributed by atoms with Crippen molar-refractivity contribution in [3.63, 3.8) is 0 Å². The third-order valence-corrected chi connectivity index (χ3v) is 4.58. The van der Waals surface area contributed by atoms with Gasteiger partial charge in [-0.15, -0.1) is 9.64 Å². The van der Waals surface area contributed by atoms with Gasteiger partial charge in [-0.2, -0.15) is 4.79 Å². The molecule has 1 aromatic rings. The van der Waals surface area contributed by atoms with Gasteiger partial charge in [0, 0.05) is 19.0 Å². The predicted molar refractivity (Wildman–Crippen MR) is 102 cm³/mol. The normalized spacial score (nSPS) is 21.1. The second-order valence-corrected chi connectivity index (χ2v) is 8.41. The second kappa shape index (κ2) is 8.21. The number of hydrogen-bond acceptors (Lipinski definition) is 5. The molecule has 0 N–H and O–H groups in total. The summed E-state index contributed by atoms with van der Waals surface area (Å²) in [7, 11) is 0. The standard InChI is InChI=1S/C21H29N2O4/c1-21(2,3)26-20(25)22(13-16-9-10-16)14-17-11-12-23(15-17)27-19(24)18-7-5-4-6-8-18/h4-8,14,16-17H,9-13,15H2,1-3H3/q+1/b22-14+. The highest BCUT2D eigenvalue weighted by molar-refractivity contribution is 5.89. The second-order valence-electron chi connectivity index (χ2n) is 8.41. The Kier molecular flexibility index (Phi) is 5.95. The number of nitrogens with zero attached hydrogens (tertiary/aromatic N) is 2. The molecular weight excluding hydrogens is 344 g/mol. The first kappa shape index (κ1) is 19.5. The van der Waals surface area contributed by atoms with Crippen molar-refractivity contribution in [1.82, 2.24) is 5.06 Å². The lowest BCUT2D eigenvalue weighted by molar-refractivity contribution is -0.452. The molecule has 2 fully saturated rings. The van der Waals surface area contributed by atoms with Gasteiger partial charge in [-0.25, -0.2) is 4.79 Å². The SMILES string of the molecule is CC(C)(C)OC(=O)/[N+](=C/C1CCN(OC(=O)c2ccccc2)C1)CC1CC1. The Hall–Kier alpha value is -2.21. The fourth-order valence-corrected chi connectivity index (χ4v) is 3.05. The summed E-state index contributed by atoms with van der Waals surface area (Å²) in [5.74, 6) is 0.375. The highest BCUT2D eigenvalue weighted by Gasteiger charge is 2.36. The van der Waals surface area contributed by atoms with Gasteiger partial charge in [0.2, 0.25) is 0 Å². The molecule has 27 heavy (non-hydrogen) atoms. The molecule has 1 amide bonds. The minimum Gasteiger partial charge on any atom is -0.406 e. The number of hydroxylamine groups is 2. The molecule has 1 unspecified atom stereocenters. The summed E-state index contributed by atoms with van der Waals surface area (Å²) in [6.07, 6.45) is 4.83. The number of hydrogen-bond donors (Lipinski definition) is 0. The van der Waals surface area contributed by atoms with Gasteiger partial charge in [-0.05, 0) is 52.2 Å². The van der Waals surface area contributed by atoms with Crippen LogP contribution in [0.15, 0.2) is 30.3 Å². The van der Waals surface area contributed by atoms with Crippen molar-refractivity contribution in [2.24, 2.45) is 11.8 Å². The fourth-order valence-electron chi connectivity index (χ4n) is 3.05. The minimum atomic E-state index is -0.514. The molecule has 1 saturated heterocycles. The van der Waals surface area contributed by atoms with Crippen molar-refractivity contribution in [3.05, 3.63) is 35.9 Å². The Labute approximate surface area is 160 Å². The van der Waals surface area contributed by atoms with E-state index >= 15 is 0 Å². The van der Waals surface area contributed by atoms with Gasteiger partial charge in [0.25, 0.3) is 0 Å². The lowest BCUT2D eigenvalue weighted by Gasteiger charge is -2.17. The molecule has 3 rings (SSSR count). The number of ether oxygens (including phenoxy) is 1. The van der Waals surface area contributed by atoms with E-state index in [1.807, 2.05) is 45.2 Å². The number of carbonyl (C=O) groups is 2. The van der Waals surface area contributed by atoms with E-state index in [0.29, 0.717) is 31.1 Å². The molecule has 6 nitrogen and oxygen atoms in total. The van der Waals surface area contributed by atoms with Crippen molar-refractivity contribution >= 4 is 18.3 Å². The number of carbonyl (C=O) groups excluding carboxylic acids is 2. The van der Waals surface area contributed by atoms with Gasteiger partial charge in [-0.3, -0.25) is 0 Å². The zero-order chi connectivity index (χ0) is 19.4.